The van der Waals surface area contributed by atoms with Gasteiger partial charge in [0, 0.05) is 24.3 Å². The summed E-state index contributed by atoms with van der Waals surface area (Å²) in [4.78, 5) is 11.9. The molecule has 0 bridgehead atoms. The third-order valence-corrected chi connectivity index (χ3v) is 3.51. The topological polar surface area (TPSA) is 50.4 Å². The molecule has 1 heterocycles. The van der Waals surface area contributed by atoms with Gasteiger partial charge in [-0.15, -0.1) is 0 Å². The van der Waals surface area contributed by atoms with E-state index in [2.05, 4.69) is 17.6 Å². The molecule has 1 amide bonds. The summed E-state index contributed by atoms with van der Waals surface area (Å²) in [7, 11) is 0. The summed E-state index contributed by atoms with van der Waals surface area (Å²) in [6.07, 6.45) is 3.83. The molecule has 4 nitrogen and oxygen atoms in total. The van der Waals surface area contributed by atoms with Crippen LogP contribution in [-0.2, 0) is 4.74 Å². The SMILES string of the molecule is CCCNC(=O)c1cccc(NCC2CCC(C)O2)c1. The molecule has 1 aromatic carbocycles. The summed E-state index contributed by atoms with van der Waals surface area (Å²) in [5.41, 5.74) is 1.67. The molecule has 4 heteroatoms. The van der Waals surface area contributed by atoms with Gasteiger partial charge >= 0.3 is 0 Å². The van der Waals surface area contributed by atoms with Crippen LogP contribution in [0.25, 0.3) is 0 Å². The Balaban J connectivity index is 1.87. The van der Waals surface area contributed by atoms with E-state index in [0.717, 1.165) is 31.5 Å². The van der Waals surface area contributed by atoms with E-state index in [1.165, 1.54) is 0 Å². The standard InChI is InChI=1S/C16H24N2O2/c1-3-9-17-16(19)13-5-4-6-14(10-13)18-11-15-8-7-12(2)20-15/h4-6,10,12,15,18H,3,7-9,11H2,1-2H3,(H,17,19). The fourth-order valence-electron chi connectivity index (χ4n) is 2.38. The van der Waals surface area contributed by atoms with Gasteiger partial charge in [0.05, 0.1) is 12.2 Å². The lowest BCUT2D eigenvalue weighted by molar-refractivity contribution is 0.0637. The average molecular weight is 276 g/mol. The Labute approximate surface area is 120 Å². The molecular weight excluding hydrogens is 252 g/mol. The van der Waals surface area contributed by atoms with Crippen molar-refractivity contribution in [2.75, 3.05) is 18.4 Å². The minimum atomic E-state index is -0.0127. The van der Waals surface area contributed by atoms with E-state index in [1.807, 2.05) is 31.2 Å². The van der Waals surface area contributed by atoms with Gasteiger partial charge in [-0.2, -0.15) is 0 Å². The monoisotopic (exact) mass is 276 g/mol. The number of carbonyl (C=O) groups is 1. The number of amides is 1. The Kier molecular flexibility index (Phi) is 5.41. The third-order valence-electron chi connectivity index (χ3n) is 3.51. The molecule has 0 aromatic heterocycles. The van der Waals surface area contributed by atoms with Crippen LogP contribution >= 0.6 is 0 Å². The minimum absolute atomic E-state index is 0.0127. The van der Waals surface area contributed by atoms with E-state index in [1.54, 1.807) is 0 Å². The lowest BCUT2D eigenvalue weighted by Gasteiger charge is -2.14. The molecule has 2 rings (SSSR count). The number of ether oxygens (including phenoxy) is 1. The maximum absolute atomic E-state index is 11.9. The van der Waals surface area contributed by atoms with E-state index in [4.69, 9.17) is 4.74 Å². The highest BCUT2D eigenvalue weighted by Crippen LogP contribution is 2.20. The van der Waals surface area contributed by atoms with Crippen molar-refractivity contribution in [3.05, 3.63) is 29.8 Å². The molecule has 0 saturated carbocycles. The largest absolute Gasteiger partial charge is 0.382 e. The van der Waals surface area contributed by atoms with Gasteiger partial charge in [-0.05, 0) is 44.4 Å². The van der Waals surface area contributed by atoms with Gasteiger partial charge in [0.15, 0.2) is 0 Å². The maximum Gasteiger partial charge on any atom is 0.251 e. The lowest BCUT2D eigenvalue weighted by atomic mass is 10.1. The van der Waals surface area contributed by atoms with Crippen molar-refractivity contribution in [2.45, 2.75) is 45.3 Å². The molecule has 1 aliphatic heterocycles. The van der Waals surface area contributed by atoms with Gasteiger partial charge in [0.25, 0.3) is 5.91 Å². The lowest BCUT2D eigenvalue weighted by Crippen LogP contribution is -2.24. The summed E-state index contributed by atoms with van der Waals surface area (Å²) < 4.78 is 5.77. The molecule has 20 heavy (non-hydrogen) atoms. The molecule has 2 unspecified atom stereocenters. The molecule has 1 saturated heterocycles. The Morgan fingerprint density at radius 2 is 2.25 bits per heavy atom. The Morgan fingerprint density at radius 1 is 1.40 bits per heavy atom. The van der Waals surface area contributed by atoms with Gasteiger partial charge in [0.1, 0.15) is 0 Å². The van der Waals surface area contributed by atoms with Crippen molar-refractivity contribution in [1.29, 1.82) is 0 Å². The van der Waals surface area contributed by atoms with Crippen molar-refractivity contribution in [3.63, 3.8) is 0 Å². The van der Waals surface area contributed by atoms with Gasteiger partial charge in [-0.25, -0.2) is 0 Å². The summed E-state index contributed by atoms with van der Waals surface area (Å²) in [6, 6.07) is 7.62. The molecule has 0 aliphatic carbocycles. The van der Waals surface area contributed by atoms with Crippen molar-refractivity contribution in [3.8, 4) is 0 Å². The zero-order chi connectivity index (χ0) is 14.4. The van der Waals surface area contributed by atoms with Crippen molar-refractivity contribution < 1.29 is 9.53 Å². The number of hydrogen-bond acceptors (Lipinski definition) is 3. The number of hydrogen-bond donors (Lipinski definition) is 2. The predicted molar refractivity (Wildman–Crippen MR) is 81.1 cm³/mol. The zero-order valence-electron chi connectivity index (χ0n) is 12.3. The van der Waals surface area contributed by atoms with E-state index in [-0.39, 0.29) is 12.0 Å². The Morgan fingerprint density at radius 3 is 2.95 bits per heavy atom. The molecule has 0 spiro atoms. The second kappa shape index (κ2) is 7.29. The number of rotatable bonds is 6. The fraction of sp³-hybridized carbons (Fsp3) is 0.562. The predicted octanol–water partition coefficient (Wildman–Crippen LogP) is 2.81. The molecular formula is C16H24N2O2. The molecule has 1 aromatic rings. The second-order valence-electron chi connectivity index (χ2n) is 5.36. The normalized spacial score (nSPS) is 21.7. The smallest absolute Gasteiger partial charge is 0.251 e. The van der Waals surface area contributed by atoms with Crippen LogP contribution in [0.15, 0.2) is 24.3 Å². The van der Waals surface area contributed by atoms with Crippen LogP contribution < -0.4 is 10.6 Å². The molecule has 110 valence electrons. The second-order valence-corrected chi connectivity index (χ2v) is 5.36. The fourth-order valence-corrected chi connectivity index (χ4v) is 2.38. The van der Waals surface area contributed by atoms with Crippen LogP contribution in [-0.4, -0.2) is 31.2 Å². The summed E-state index contributed by atoms with van der Waals surface area (Å²) >= 11 is 0. The molecule has 1 aliphatic rings. The average Bonchev–Trinajstić information content (AvgIpc) is 2.88. The first kappa shape index (κ1) is 14.9. The molecule has 2 atom stereocenters. The number of nitrogens with one attached hydrogen (secondary N) is 2. The van der Waals surface area contributed by atoms with E-state index < -0.39 is 0 Å². The molecule has 2 N–H and O–H groups in total. The molecule has 1 fully saturated rings. The number of benzene rings is 1. The zero-order valence-corrected chi connectivity index (χ0v) is 12.3. The van der Waals surface area contributed by atoms with Gasteiger partial charge in [-0.1, -0.05) is 13.0 Å². The van der Waals surface area contributed by atoms with Crippen LogP contribution in [0.4, 0.5) is 5.69 Å². The summed E-state index contributed by atoms with van der Waals surface area (Å²) in [6.45, 7) is 5.66. The highest BCUT2D eigenvalue weighted by Gasteiger charge is 2.21. The minimum Gasteiger partial charge on any atom is -0.382 e. The van der Waals surface area contributed by atoms with Crippen LogP contribution in [0.3, 0.4) is 0 Å². The Hall–Kier alpha value is -1.55. The first-order valence-electron chi connectivity index (χ1n) is 7.46. The highest BCUT2D eigenvalue weighted by molar-refractivity contribution is 5.95. The third kappa shape index (κ3) is 4.23. The first-order valence-corrected chi connectivity index (χ1v) is 7.46. The first-order chi connectivity index (χ1) is 9.69. The van der Waals surface area contributed by atoms with E-state index in [9.17, 15) is 4.79 Å². The summed E-state index contributed by atoms with van der Waals surface area (Å²) in [5.74, 6) is -0.0127. The quantitative estimate of drug-likeness (QED) is 0.840. The van der Waals surface area contributed by atoms with Crippen LogP contribution in [0.1, 0.15) is 43.5 Å². The van der Waals surface area contributed by atoms with Gasteiger partial charge < -0.3 is 15.4 Å². The van der Waals surface area contributed by atoms with Gasteiger partial charge in [0.2, 0.25) is 0 Å². The summed E-state index contributed by atoms with van der Waals surface area (Å²) in [5, 5.41) is 6.24. The van der Waals surface area contributed by atoms with Crippen molar-refractivity contribution in [1.82, 2.24) is 5.32 Å². The highest BCUT2D eigenvalue weighted by atomic mass is 16.5. The van der Waals surface area contributed by atoms with Crippen LogP contribution in [0.2, 0.25) is 0 Å². The Bertz CT molecular complexity index is 448. The molecule has 0 radical (unpaired) electrons. The number of anilines is 1. The van der Waals surface area contributed by atoms with Crippen molar-refractivity contribution >= 4 is 11.6 Å². The van der Waals surface area contributed by atoms with Gasteiger partial charge in [-0.3, -0.25) is 4.79 Å². The number of carbonyl (C=O) groups excluding carboxylic acids is 1. The van der Waals surface area contributed by atoms with E-state index >= 15 is 0 Å². The van der Waals surface area contributed by atoms with Crippen molar-refractivity contribution in [2.24, 2.45) is 0 Å². The van der Waals surface area contributed by atoms with E-state index in [0.29, 0.717) is 18.2 Å². The van der Waals surface area contributed by atoms with Crippen LogP contribution in [0.5, 0.6) is 0 Å². The van der Waals surface area contributed by atoms with Crippen LogP contribution in [0, 0.1) is 0 Å². The maximum atomic E-state index is 11.9.